The van der Waals surface area contributed by atoms with E-state index in [2.05, 4.69) is 32.2 Å². The van der Waals surface area contributed by atoms with Gasteiger partial charge in [-0.05, 0) is 38.5 Å². The number of methoxy groups -OCH3 is 2. The Bertz CT molecular complexity index is 475. The molecule has 1 N–H and O–H groups in total. The average molecular weight is 233 g/mol. The van der Waals surface area contributed by atoms with Crippen LogP contribution in [0.25, 0.3) is 5.57 Å². The number of allylic oxidation sites excluding steroid dienone is 1. The van der Waals surface area contributed by atoms with E-state index in [4.69, 9.17) is 9.47 Å². The fourth-order valence-electron chi connectivity index (χ4n) is 2.39. The number of benzene rings is 1. The summed E-state index contributed by atoms with van der Waals surface area (Å²) in [5, 5.41) is 3.48. The van der Waals surface area contributed by atoms with E-state index in [-0.39, 0.29) is 5.54 Å². The highest BCUT2D eigenvalue weighted by molar-refractivity contribution is 5.87. The highest BCUT2D eigenvalue weighted by Crippen LogP contribution is 2.44. The van der Waals surface area contributed by atoms with Crippen LogP contribution in [0.4, 0.5) is 5.69 Å². The van der Waals surface area contributed by atoms with Crippen molar-refractivity contribution in [2.75, 3.05) is 19.5 Å². The maximum atomic E-state index is 5.41. The SMILES string of the molecule is COc1ccc(OC)c2c1NC(C)(C)C=C2C. The van der Waals surface area contributed by atoms with Gasteiger partial charge in [0.05, 0.1) is 25.4 Å². The van der Waals surface area contributed by atoms with Crippen LogP contribution < -0.4 is 14.8 Å². The summed E-state index contributed by atoms with van der Waals surface area (Å²) in [5.41, 5.74) is 3.24. The fourth-order valence-corrected chi connectivity index (χ4v) is 2.39. The van der Waals surface area contributed by atoms with E-state index in [0.717, 1.165) is 22.7 Å². The molecule has 1 aromatic rings. The summed E-state index contributed by atoms with van der Waals surface area (Å²) >= 11 is 0. The van der Waals surface area contributed by atoms with Crippen molar-refractivity contribution in [3.63, 3.8) is 0 Å². The molecule has 0 saturated heterocycles. The second kappa shape index (κ2) is 3.99. The van der Waals surface area contributed by atoms with Crippen molar-refractivity contribution < 1.29 is 9.47 Å². The van der Waals surface area contributed by atoms with E-state index in [9.17, 15) is 0 Å². The normalized spacial score (nSPS) is 16.6. The first-order valence-corrected chi connectivity index (χ1v) is 5.71. The fraction of sp³-hybridized carbons (Fsp3) is 0.429. The quantitative estimate of drug-likeness (QED) is 0.850. The second-order valence-corrected chi connectivity index (χ2v) is 4.89. The summed E-state index contributed by atoms with van der Waals surface area (Å²) < 4.78 is 10.8. The average Bonchev–Trinajstić information content (AvgIpc) is 2.25. The third-order valence-corrected chi connectivity index (χ3v) is 2.99. The van der Waals surface area contributed by atoms with Crippen molar-refractivity contribution in [2.45, 2.75) is 26.3 Å². The topological polar surface area (TPSA) is 30.5 Å². The van der Waals surface area contributed by atoms with Crippen LogP contribution >= 0.6 is 0 Å². The molecule has 0 spiro atoms. The monoisotopic (exact) mass is 233 g/mol. The Balaban J connectivity index is 2.67. The van der Waals surface area contributed by atoms with Crippen molar-refractivity contribution >= 4 is 11.3 Å². The molecule has 3 nitrogen and oxygen atoms in total. The number of anilines is 1. The predicted octanol–water partition coefficient (Wildman–Crippen LogP) is 3.31. The van der Waals surface area contributed by atoms with E-state index in [1.807, 2.05) is 12.1 Å². The molecule has 0 bridgehead atoms. The third kappa shape index (κ3) is 1.97. The summed E-state index contributed by atoms with van der Waals surface area (Å²) in [4.78, 5) is 0. The van der Waals surface area contributed by atoms with Gasteiger partial charge in [-0.25, -0.2) is 0 Å². The second-order valence-electron chi connectivity index (χ2n) is 4.89. The number of rotatable bonds is 2. The minimum atomic E-state index is -0.0727. The lowest BCUT2D eigenvalue weighted by Crippen LogP contribution is -2.31. The lowest BCUT2D eigenvalue weighted by Gasteiger charge is -2.33. The van der Waals surface area contributed by atoms with Crippen molar-refractivity contribution in [1.29, 1.82) is 0 Å². The molecule has 0 fully saturated rings. The lowest BCUT2D eigenvalue weighted by molar-refractivity contribution is 0.402. The number of fused-ring (bicyclic) bond motifs is 1. The molecule has 0 unspecified atom stereocenters. The van der Waals surface area contributed by atoms with Gasteiger partial charge in [0.2, 0.25) is 0 Å². The first-order chi connectivity index (χ1) is 7.98. The van der Waals surface area contributed by atoms with Gasteiger partial charge < -0.3 is 14.8 Å². The van der Waals surface area contributed by atoms with Gasteiger partial charge in [-0.15, -0.1) is 0 Å². The molecule has 1 aliphatic rings. The van der Waals surface area contributed by atoms with E-state index in [1.54, 1.807) is 14.2 Å². The van der Waals surface area contributed by atoms with Crippen LogP contribution in [-0.4, -0.2) is 19.8 Å². The Morgan fingerprint density at radius 3 is 2.24 bits per heavy atom. The highest BCUT2D eigenvalue weighted by atomic mass is 16.5. The molecule has 17 heavy (non-hydrogen) atoms. The van der Waals surface area contributed by atoms with E-state index >= 15 is 0 Å². The summed E-state index contributed by atoms with van der Waals surface area (Å²) in [6.07, 6.45) is 2.21. The minimum absolute atomic E-state index is 0.0727. The van der Waals surface area contributed by atoms with Crippen LogP contribution in [0, 0.1) is 0 Å². The maximum Gasteiger partial charge on any atom is 0.142 e. The maximum absolute atomic E-state index is 5.41. The van der Waals surface area contributed by atoms with Gasteiger partial charge in [-0.2, -0.15) is 0 Å². The van der Waals surface area contributed by atoms with Gasteiger partial charge in [0.25, 0.3) is 0 Å². The van der Waals surface area contributed by atoms with Crippen LogP contribution in [-0.2, 0) is 0 Å². The lowest BCUT2D eigenvalue weighted by atomic mass is 9.90. The van der Waals surface area contributed by atoms with Crippen LogP contribution in [0.3, 0.4) is 0 Å². The van der Waals surface area contributed by atoms with Crippen molar-refractivity contribution in [1.82, 2.24) is 0 Å². The zero-order valence-corrected chi connectivity index (χ0v) is 11.0. The molecule has 1 heterocycles. The Kier molecular flexibility index (Phi) is 2.77. The van der Waals surface area contributed by atoms with Gasteiger partial charge in [-0.3, -0.25) is 0 Å². The predicted molar refractivity (Wildman–Crippen MR) is 70.9 cm³/mol. The zero-order valence-electron chi connectivity index (χ0n) is 11.0. The largest absolute Gasteiger partial charge is 0.496 e. The Labute approximate surface area is 102 Å². The van der Waals surface area contributed by atoms with Gasteiger partial charge >= 0.3 is 0 Å². The molecular weight excluding hydrogens is 214 g/mol. The van der Waals surface area contributed by atoms with Crippen LogP contribution in [0.5, 0.6) is 11.5 Å². The summed E-state index contributed by atoms with van der Waals surface area (Å²) in [6.45, 7) is 6.38. The molecule has 1 aliphatic heterocycles. The van der Waals surface area contributed by atoms with Gasteiger partial charge in [0.1, 0.15) is 11.5 Å². The van der Waals surface area contributed by atoms with Crippen LogP contribution in [0.15, 0.2) is 18.2 Å². The smallest absolute Gasteiger partial charge is 0.142 e. The van der Waals surface area contributed by atoms with Crippen molar-refractivity contribution in [3.05, 3.63) is 23.8 Å². The molecule has 3 heteroatoms. The highest BCUT2D eigenvalue weighted by Gasteiger charge is 2.27. The van der Waals surface area contributed by atoms with Crippen molar-refractivity contribution in [2.24, 2.45) is 0 Å². The Morgan fingerprint density at radius 1 is 1.06 bits per heavy atom. The zero-order chi connectivity index (χ0) is 12.6. The van der Waals surface area contributed by atoms with E-state index in [1.165, 1.54) is 5.57 Å². The van der Waals surface area contributed by atoms with Crippen LogP contribution in [0.1, 0.15) is 26.3 Å². The third-order valence-electron chi connectivity index (χ3n) is 2.99. The minimum Gasteiger partial charge on any atom is -0.496 e. The molecule has 0 saturated carbocycles. The number of ether oxygens (including phenoxy) is 2. The Hall–Kier alpha value is -1.64. The van der Waals surface area contributed by atoms with E-state index < -0.39 is 0 Å². The van der Waals surface area contributed by atoms with Gasteiger partial charge in [0.15, 0.2) is 0 Å². The molecular formula is C14H19NO2. The molecule has 0 aliphatic carbocycles. The first kappa shape index (κ1) is 11.8. The summed E-state index contributed by atoms with van der Waals surface area (Å²) in [6, 6.07) is 3.87. The molecule has 2 rings (SSSR count). The molecule has 0 radical (unpaired) electrons. The number of hydrogen-bond donors (Lipinski definition) is 1. The molecule has 1 aromatic carbocycles. The van der Waals surface area contributed by atoms with Crippen molar-refractivity contribution in [3.8, 4) is 11.5 Å². The van der Waals surface area contributed by atoms with Gasteiger partial charge in [-0.1, -0.05) is 6.08 Å². The Morgan fingerprint density at radius 2 is 1.65 bits per heavy atom. The van der Waals surface area contributed by atoms with Gasteiger partial charge in [0, 0.05) is 5.56 Å². The molecule has 0 aromatic heterocycles. The summed E-state index contributed by atoms with van der Waals surface area (Å²) in [7, 11) is 3.37. The standard InChI is InChI=1S/C14H19NO2/c1-9-8-14(2,3)15-13-11(17-5)7-6-10(16-4)12(9)13/h6-8,15H,1-5H3. The van der Waals surface area contributed by atoms with Crippen LogP contribution in [0.2, 0.25) is 0 Å². The molecule has 0 amide bonds. The van der Waals surface area contributed by atoms with E-state index in [0.29, 0.717) is 0 Å². The number of nitrogens with one attached hydrogen (secondary N) is 1. The number of hydrogen-bond acceptors (Lipinski definition) is 3. The summed E-state index contributed by atoms with van der Waals surface area (Å²) in [5.74, 6) is 1.72. The first-order valence-electron chi connectivity index (χ1n) is 5.71. The molecule has 92 valence electrons. The molecule has 0 atom stereocenters.